The second kappa shape index (κ2) is 8.08. The standard InChI is InChI=1S/C19H24ClN3O3S2/c1-19(2,3)16-10-17(23(22-16)13-8-9-28(25,26)12-13)21-18(24)11-27-15-7-5-4-6-14(15)20/h4-7,10,13H,8-9,11-12H2,1-3H3,(H,21,24)/t13-/m1/s1. The number of aromatic nitrogens is 2. The molecule has 1 atom stereocenters. The fourth-order valence-corrected chi connectivity index (χ4v) is 5.72. The third-order valence-corrected chi connectivity index (χ3v) is 7.79. The topological polar surface area (TPSA) is 81.1 Å². The Hall–Kier alpha value is -1.51. The van der Waals surface area contributed by atoms with Crippen molar-refractivity contribution in [1.29, 1.82) is 0 Å². The van der Waals surface area contributed by atoms with Crippen LogP contribution in [-0.2, 0) is 20.0 Å². The van der Waals surface area contributed by atoms with Gasteiger partial charge in [-0.05, 0) is 18.6 Å². The molecule has 3 rings (SSSR count). The van der Waals surface area contributed by atoms with Crippen LogP contribution in [0.5, 0.6) is 0 Å². The number of carbonyl (C=O) groups is 1. The molecule has 9 heteroatoms. The van der Waals surface area contributed by atoms with Crippen LogP contribution in [0.3, 0.4) is 0 Å². The van der Waals surface area contributed by atoms with Crippen molar-refractivity contribution in [2.24, 2.45) is 0 Å². The zero-order valence-corrected chi connectivity index (χ0v) is 18.5. The molecule has 1 aliphatic rings. The highest BCUT2D eigenvalue weighted by molar-refractivity contribution is 8.00. The average molecular weight is 442 g/mol. The van der Waals surface area contributed by atoms with E-state index < -0.39 is 9.84 Å². The fourth-order valence-electron chi connectivity index (χ4n) is 2.98. The van der Waals surface area contributed by atoms with E-state index in [9.17, 15) is 13.2 Å². The predicted molar refractivity (Wildman–Crippen MR) is 114 cm³/mol. The summed E-state index contributed by atoms with van der Waals surface area (Å²) >= 11 is 7.49. The lowest BCUT2D eigenvalue weighted by atomic mass is 9.92. The Morgan fingerprint density at radius 1 is 1.36 bits per heavy atom. The number of sulfone groups is 1. The van der Waals surface area contributed by atoms with Crippen molar-refractivity contribution in [1.82, 2.24) is 9.78 Å². The summed E-state index contributed by atoms with van der Waals surface area (Å²) in [5, 5.41) is 8.13. The van der Waals surface area contributed by atoms with E-state index in [1.54, 1.807) is 10.7 Å². The third kappa shape index (κ3) is 5.10. The first-order valence-electron chi connectivity index (χ1n) is 9.03. The number of nitrogens with zero attached hydrogens (tertiary/aromatic N) is 2. The quantitative estimate of drug-likeness (QED) is 0.711. The van der Waals surface area contributed by atoms with E-state index in [1.807, 2.05) is 45.0 Å². The van der Waals surface area contributed by atoms with Crippen LogP contribution in [0.15, 0.2) is 35.2 Å². The summed E-state index contributed by atoms with van der Waals surface area (Å²) in [6.07, 6.45) is 0.505. The Morgan fingerprint density at radius 2 is 2.07 bits per heavy atom. The second-order valence-electron chi connectivity index (χ2n) is 7.93. The smallest absolute Gasteiger partial charge is 0.235 e. The molecule has 6 nitrogen and oxygen atoms in total. The zero-order chi connectivity index (χ0) is 20.5. The normalized spacial score (nSPS) is 18.9. The van der Waals surface area contributed by atoms with Crippen LogP contribution in [0, 0.1) is 0 Å². The van der Waals surface area contributed by atoms with Crippen molar-refractivity contribution in [3.05, 3.63) is 41.0 Å². The van der Waals surface area contributed by atoms with Crippen LogP contribution in [0.25, 0.3) is 0 Å². The van der Waals surface area contributed by atoms with Gasteiger partial charge in [0.2, 0.25) is 5.91 Å². The van der Waals surface area contributed by atoms with E-state index in [0.29, 0.717) is 17.3 Å². The van der Waals surface area contributed by atoms with Gasteiger partial charge in [0.05, 0.1) is 34.0 Å². The molecule has 152 valence electrons. The molecule has 1 fully saturated rings. The SMILES string of the molecule is CC(C)(C)c1cc(NC(=O)CSc2ccccc2Cl)n([C@@H]2CCS(=O)(=O)C2)n1. The number of benzene rings is 1. The molecule has 28 heavy (non-hydrogen) atoms. The number of carbonyl (C=O) groups excluding carboxylic acids is 1. The summed E-state index contributed by atoms with van der Waals surface area (Å²) in [6, 6.07) is 8.95. The molecule has 1 amide bonds. The average Bonchev–Trinajstić information content (AvgIpc) is 3.17. The molecular formula is C19H24ClN3O3S2. The van der Waals surface area contributed by atoms with Gasteiger partial charge in [-0.15, -0.1) is 11.8 Å². The number of nitrogens with one attached hydrogen (secondary N) is 1. The number of rotatable bonds is 5. The van der Waals surface area contributed by atoms with Crippen LogP contribution in [0.1, 0.15) is 38.9 Å². The Labute approximate surface area is 175 Å². The molecule has 1 aliphatic heterocycles. The van der Waals surface area contributed by atoms with Crippen molar-refractivity contribution in [2.75, 3.05) is 22.6 Å². The van der Waals surface area contributed by atoms with E-state index in [-0.39, 0.29) is 34.6 Å². The van der Waals surface area contributed by atoms with Crippen LogP contribution >= 0.6 is 23.4 Å². The second-order valence-corrected chi connectivity index (χ2v) is 11.6. The summed E-state index contributed by atoms with van der Waals surface area (Å²) in [5.41, 5.74) is 0.597. The molecule has 0 aliphatic carbocycles. The fraction of sp³-hybridized carbons (Fsp3) is 0.474. The highest BCUT2D eigenvalue weighted by atomic mass is 35.5. The predicted octanol–water partition coefficient (Wildman–Crippen LogP) is 3.92. The number of halogens is 1. The molecule has 0 unspecified atom stereocenters. The molecule has 1 aromatic carbocycles. The maximum absolute atomic E-state index is 12.5. The largest absolute Gasteiger partial charge is 0.310 e. The summed E-state index contributed by atoms with van der Waals surface area (Å²) in [5.74, 6) is 0.750. The van der Waals surface area contributed by atoms with E-state index in [2.05, 4.69) is 10.4 Å². The van der Waals surface area contributed by atoms with Gasteiger partial charge in [0, 0.05) is 16.4 Å². The van der Waals surface area contributed by atoms with E-state index in [0.717, 1.165) is 10.6 Å². The number of hydrogen-bond donors (Lipinski definition) is 1. The first kappa shape index (κ1) is 21.2. The minimum atomic E-state index is -3.06. The van der Waals surface area contributed by atoms with Crippen LogP contribution < -0.4 is 5.32 Å². The minimum Gasteiger partial charge on any atom is -0.310 e. The lowest BCUT2D eigenvalue weighted by molar-refractivity contribution is -0.113. The van der Waals surface area contributed by atoms with Crippen molar-refractivity contribution in [2.45, 2.75) is 43.5 Å². The minimum absolute atomic E-state index is 0.0511. The highest BCUT2D eigenvalue weighted by Crippen LogP contribution is 2.31. The lowest BCUT2D eigenvalue weighted by Gasteiger charge is -2.15. The summed E-state index contributed by atoms with van der Waals surface area (Å²) in [6.45, 7) is 6.09. The summed E-state index contributed by atoms with van der Waals surface area (Å²) < 4.78 is 25.5. The first-order chi connectivity index (χ1) is 13.0. The lowest BCUT2D eigenvalue weighted by Crippen LogP contribution is -2.21. The van der Waals surface area contributed by atoms with Crippen molar-refractivity contribution >= 4 is 44.9 Å². The van der Waals surface area contributed by atoms with Crippen molar-refractivity contribution < 1.29 is 13.2 Å². The van der Waals surface area contributed by atoms with Gasteiger partial charge in [-0.25, -0.2) is 13.1 Å². The molecule has 0 spiro atoms. The molecule has 1 N–H and O–H groups in total. The summed E-state index contributed by atoms with van der Waals surface area (Å²) in [4.78, 5) is 13.4. The van der Waals surface area contributed by atoms with E-state index >= 15 is 0 Å². The molecule has 2 aromatic rings. The van der Waals surface area contributed by atoms with E-state index in [1.165, 1.54) is 11.8 Å². The van der Waals surface area contributed by atoms with Crippen LogP contribution in [-0.4, -0.2) is 41.4 Å². The van der Waals surface area contributed by atoms with Gasteiger partial charge in [0.1, 0.15) is 5.82 Å². The van der Waals surface area contributed by atoms with Crippen molar-refractivity contribution in [3.8, 4) is 0 Å². The maximum Gasteiger partial charge on any atom is 0.235 e. The van der Waals surface area contributed by atoms with Crippen LogP contribution in [0.4, 0.5) is 5.82 Å². The van der Waals surface area contributed by atoms with Gasteiger partial charge >= 0.3 is 0 Å². The van der Waals surface area contributed by atoms with Gasteiger partial charge < -0.3 is 5.32 Å². The molecule has 1 saturated heterocycles. The van der Waals surface area contributed by atoms with Crippen LogP contribution in [0.2, 0.25) is 5.02 Å². The Morgan fingerprint density at radius 3 is 2.68 bits per heavy atom. The van der Waals surface area contributed by atoms with Crippen molar-refractivity contribution in [3.63, 3.8) is 0 Å². The van der Waals surface area contributed by atoms with Gasteiger partial charge in [-0.1, -0.05) is 44.5 Å². The monoisotopic (exact) mass is 441 g/mol. The first-order valence-corrected chi connectivity index (χ1v) is 12.2. The van der Waals surface area contributed by atoms with Gasteiger partial charge in [-0.3, -0.25) is 4.79 Å². The third-order valence-electron chi connectivity index (χ3n) is 4.52. The number of thioether (sulfide) groups is 1. The van der Waals surface area contributed by atoms with Gasteiger partial charge in [0.15, 0.2) is 9.84 Å². The molecule has 0 radical (unpaired) electrons. The van der Waals surface area contributed by atoms with Gasteiger partial charge in [0.25, 0.3) is 0 Å². The molecule has 0 saturated carbocycles. The Balaban J connectivity index is 1.77. The molecule has 1 aromatic heterocycles. The Kier molecular flexibility index (Phi) is 6.12. The summed E-state index contributed by atoms with van der Waals surface area (Å²) in [7, 11) is -3.06. The number of amides is 1. The molecular weight excluding hydrogens is 418 g/mol. The molecule has 2 heterocycles. The Bertz CT molecular complexity index is 981. The maximum atomic E-state index is 12.5. The van der Waals surface area contributed by atoms with Gasteiger partial charge in [-0.2, -0.15) is 5.10 Å². The number of anilines is 1. The zero-order valence-electron chi connectivity index (χ0n) is 16.1. The highest BCUT2D eigenvalue weighted by Gasteiger charge is 2.32. The molecule has 0 bridgehead atoms. The van der Waals surface area contributed by atoms with E-state index in [4.69, 9.17) is 11.6 Å². The number of hydrogen-bond acceptors (Lipinski definition) is 5.